The Morgan fingerprint density at radius 3 is 2.53 bits per heavy atom. The lowest BCUT2D eigenvalue weighted by Crippen LogP contribution is -2.50. The van der Waals surface area contributed by atoms with Gasteiger partial charge in [0, 0.05) is 0 Å². The summed E-state index contributed by atoms with van der Waals surface area (Å²) in [5.74, 6) is -1.45. The number of primary amides is 1. The van der Waals surface area contributed by atoms with E-state index >= 15 is 0 Å². The number of amides is 4. The van der Waals surface area contributed by atoms with E-state index in [1.54, 1.807) is 0 Å². The largest absolute Gasteiger partial charge is 0.351 e. The fourth-order valence-corrected chi connectivity index (χ4v) is 1.76. The summed E-state index contributed by atoms with van der Waals surface area (Å²) in [5, 5.41) is 0. The zero-order valence-corrected chi connectivity index (χ0v) is 9.72. The van der Waals surface area contributed by atoms with Crippen LogP contribution in [0.25, 0.3) is 0 Å². The Morgan fingerprint density at radius 2 is 1.95 bits per heavy atom. The highest BCUT2D eigenvalue weighted by Crippen LogP contribution is 2.22. The molecule has 100 valence electrons. The SMILES string of the molecule is NC(=O)NN[C@H]1CC(=O)N(c2ccc(F)cc2)C1=O. The molecular formula is C11H11FN4O3. The van der Waals surface area contributed by atoms with E-state index in [-0.39, 0.29) is 12.1 Å². The Kier molecular flexibility index (Phi) is 3.43. The van der Waals surface area contributed by atoms with Gasteiger partial charge in [-0.2, -0.15) is 0 Å². The van der Waals surface area contributed by atoms with Gasteiger partial charge in [-0.1, -0.05) is 0 Å². The summed E-state index contributed by atoms with van der Waals surface area (Å²) in [6.07, 6.45) is -0.115. The van der Waals surface area contributed by atoms with Crippen LogP contribution in [0.4, 0.5) is 14.9 Å². The molecule has 1 aliphatic heterocycles. The van der Waals surface area contributed by atoms with Crippen LogP contribution < -0.4 is 21.5 Å². The van der Waals surface area contributed by atoms with Gasteiger partial charge in [-0.15, -0.1) is 0 Å². The first kappa shape index (κ1) is 13.0. The van der Waals surface area contributed by atoms with E-state index in [0.717, 1.165) is 17.0 Å². The third kappa shape index (κ3) is 2.68. The van der Waals surface area contributed by atoms with E-state index in [0.29, 0.717) is 0 Å². The van der Waals surface area contributed by atoms with Gasteiger partial charge in [0.2, 0.25) is 5.91 Å². The average molecular weight is 266 g/mol. The van der Waals surface area contributed by atoms with Gasteiger partial charge in [-0.05, 0) is 24.3 Å². The second-order valence-corrected chi connectivity index (χ2v) is 3.93. The Hall–Kier alpha value is -2.48. The second-order valence-electron chi connectivity index (χ2n) is 3.93. The maximum Gasteiger partial charge on any atom is 0.326 e. The summed E-state index contributed by atoms with van der Waals surface area (Å²) in [6, 6.07) is 3.21. The number of halogens is 1. The molecular weight excluding hydrogens is 255 g/mol. The number of nitrogens with two attached hydrogens (primary N) is 1. The van der Waals surface area contributed by atoms with E-state index in [1.807, 2.05) is 5.43 Å². The normalized spacial score (nSPS) is 18.8. The number of hydrazine groups is 1. The number of benzene rings is 1. The van der Waals surface area contributed by atoms with Gasteiger partial charge in [0.25, 0.3) is 5.91 Å². The van der Waals surface area contributed by atoms with E-state index in [9.17, 15) is 18.8 Å². The minimum atomic E-state index is -0.884. The number of nitrogens with one attached hydrogen (secondary N) is 2. The molecule has 4 N–H and O–H groups in total. The van der Waals surface area contributed by atoms with Crippen LogP contribution >= 0.6 is 0 Å². The molecule has 8 heteroatoms. The molecule has 1 fully saturated rings. The van der Waals surface area contributed by atoms with Gasteiger partial charge in [-0.25, -0.2) is 19.5 Å². The van der Waals surface area contributed by atoms with Crippen molar-refractivity contribution >= 4 is 23.5 Å². The van der Waals surface area contributed by atoms with E-state index < -0.39 is 29.7 Å². The predicted octanol–water partition coefficient (Wildman–Crippen LogP) is -0.369. The summed E-state index contributed by atoms with van der Waals surface area (Å²) in [6.45, 7) is 0. The molecule has 19 heavy (non-hydrogen) atoms. The Labute approximate surface area is 107 Å². The Morgan fingerprint density at radius 1 is 1.32 bits per heavy atom. The molecule has 1 aromatic carbocycles. The number of rotatable bonds is 3. The van der Waals surface area contributed by atoms with Crippen molar-refractivity contribution < 1.29 is 18.8 Å². The molecule has 0 spiro atoms. The van der Waals surface area contributed by atoms with Crippen molar-refractivity contribution in [2.45, 2.75) is 12.5 Å². The monoisotopic (exact) mass is 266 g/mol. The number of urea groups is 1. The summed E-state index contributed by atoms with van der Waals surface area (Å²) < 4.78 is 12.8. The topological polar surface area (TPSA) is 105 Å². The minimum Gasteiger partial charge on any atom is -0.351 e. The van der Waals surface area contributed by atoms with Crippen LogP contribution in [0.5, 0.6) is 0 Å². The first-order valence-electron chi connectivity index (χ1n) is 5.42. The standard InChI is InChI=1S/C11H11FN4O3/c12-6-1-3-7(4-2-6)16-9(17)5-8(10(16)18)14-15-11(13)19/h1-4,8,14H,5H2,(H3,13,15,19)/t8-/m0/s1. The number of carbonyl (C=O) groups excluding carboxylic acids is 3. The smallest absolute Gasteiger partial charge is 0.326 e. The molecule has 0 bridgehead atoms. The highest BCUT2D eigenvalue weighted by Gasteiger charge is 2.39. The van der Waals surface area contributed by atoms with Gasteiger partial charge < -0.3 is 5.73 Å². The summed E-state index contributed by atoms with van der Waals surface area (Å²) in [4.78, 5) is 35.2. The number of hydrogen-bond donors (Lipinski definition) is 3. The van der Waals surface area contributed by atoms with Gasteiger partial charge in [0.05, 0.1) is 12.1 Å². The molecule has 1 aliphatic rings. The predicted molar refractivity (Wildman–Crippen MR) is 63.2 cm³/mol. The van der Waals surface area contributed by atoms with Gasteiger partial charge in [0.1, 0.15) is 11.9 Å². The minimum absolute atomic E-state index is 0.115. The van der Waals surface area contributed by atoms with Crippen LogP contribution in [0.1, 0.15) is 6.42 Å². The van der Waals surface area contributed by atoms with E-state index in [4.69, 9.17) is 5.73 Å². The molecule has 2 rings (SSSR count). The Balaban J connectivity index is 2.14. The van der Waals surface area contributed by atoms with Crippen LogP contribution in [0.2, 0.25) is 0 Å². The molecule has 4 amide bonds. The third-order valence-corrected chi connectivity index (χ3v) is 2.60. The number of nitrogens with zero attached hydrogens (tertiary/aromatic N) is 1. The fraction of sp³-hybridized carbons (Fsp3) is 0.182. The van der Waals surface area contributed by atoms with Crippen LogP contribution in [0, 0.1) is 5.82 Å². The van der Waals surface area contributed by atoms with Crippen molar-refractivity contribution in [1.82, 2.24) is 10.9 Å². The molecule has 1 aromatic rings. The molecule has 0 aromatic heterocycles. The van der Waals surface area contributed by atoms with E-state index in [2.05, 4.69) is 5.43 Å². The van der Waals surface area contributed by atoms with Crippen LogP contribution in [-0.4, -0.2) is 23.9 Å². The third-order valence-electron chi connectivity index (χ3n) is 2.60. The number of anilines is 1. The van der Waals surface area contributed by atoms with E-state index in [1.165, 1.54) is 12.1 Å². The zero-order valence-electron chi connectivity index (χ0n) is 9.72. The summed E-state index contributed by atoms with van der Waals surface area (Å²) >= 11 is 0. The molecule has 7 nitrogen and oxygen atoms in total. The number of hydrogen-bond acceptors (Lipinski definition) is 4. The highest BCUT2D eigenvalue weighted by atomic mass is 19.1. The molecule has 0 unspecified atom stereocenters. The number of carbonyl (C=O) groups is 3. The van der Waals surface area contributed by atoms with Gasteiger partial charge >= 0.3 is 6.03 Å². The maximum atomic E-state index is 12.8. The van der Waals surface area contributed by atoms with Crippen LogP contribution in [-0.2, 0) is 9.59 Å². The lowest BCUT2D eigenvalue weighted by molar-refractivity contribution is -0.121. The van der Waals surface area contributed by atoms with Crippen molar-refractivity contribution in [3.63, 3.8) is 0 Å². The number of imide groups is 1. The molecule has 1 heterocycles. The highest BCUT2D eigenvalue weighted by molar-refractivity contribution is 6.22. The molecule has 0 radical (unpaired) electrons. The molecule has 0 aliphatic carbocycles. The maximum absolute atomic E-state index is 12.8. The quantitative estimate of drug-likeness (QED) is 0.513. The lowest BCUT2D eigenvalue weighted by atomic mass is 10.2. The fourth-order valence-electron chi connectivity index (χ4n) is 1.76. The first-order chi connectivity index (χ1) is 8.99. The molecule has 0 saturated carbocycles. The van der Waals surface area contributed by atoms with Gasteiger partial charge in [-0.3, -0.25) is 15.0 Å². The summed E-state index contributed by atoms with van der Waals surface area (Å²) in [7, 11) is 0. The Bertz CT molecular complexity index is 531. The lowest BCUT2D eigenvalue weighted by Gasteiger charge is -2.15. The van der Waals surface area contributed by atoms with Crippen molar-refractivity contribution in [3.05, 3.63) is 30.1 Å². The average Bonchev–Trinajstić information content (AvgIpc) is 2.63. The van der Waals surface area contributed by atoms with Crippen molar-refractivity contribution in [2.75, 3.05) is 4.90 Å². The summed E-state index contributed by atoms with van der Waals surface area (Å²) in [5.41, 5.74) is 9.54. The van der Waals surface area contributed by atoms with Crippen LogP contribution in [0.3, 0.4) is 0 Å². The van der Waals surface area contributed by atoms with Crippen molar-refractivity contribution in [1.29, 1.82) is 0 Å². The van der Waals surface area contributed by atoms with Crippen molar-refractivity contribution in [3.8, 4) is 0 Å². The zero-order chi connectivity index (χ0) is 14.0. The first-order valence-corrected chi connectivity index (χ1v) is 5.42. The van der Waals surface area contributed by atoms with Crippen LogP contribution in [0.15, 0.2) is 24.3 Å². The molecule has 1 atom stereocenters. The van der Waals surface area contributed by atoms with Crippen molar-refractivity contribution in [2.24, 2.45) is 5.73 Å². The molecule has 1 saturated heterocycles. The van der Waals surface area contributed by atoms with Gasteiger partial charge in [0.15, 0.2) is 0 Å². The second kappa shape index (κ2) is 5.02.